The third kappa shape index (κ3) is 3.23. The van der Waals surface area contributed by atoms with E-state index in [9.17, 15) is 4.79 Å². The van der Waals surface area contributed by atoms with Gasteiger partial charge in [0.25, 0.3) is 5.91 Å². The summed E-state index contributed by atoms with van der Waals surface area (Å²) in [5, 5.41) is 6.40. The van der Waals surface area contributed by atoms with Crippen LogP contribution in [0.25, 0.3) is 0 Å². The molecule has 1 amide bonds. The van der Waals surface area contributed by atoms with Crippen molar-refractivity contribution < 1.29 is 4.79 Å². The van der Waals surface area contributed by atoms with E-state index in [0.717, 1.165) is 36.4 Å². The molecule has 1 heterocycles. The summed E-state index contributed by atoms with van der Waals surface area (Å²) in [6, 6.07) is 8.01. The first-order valence-corrected chi connectivity index (χ1v) is 7.18. The fourth-order valence-corrected chi connectivity index (χ4v) is 2.67. The molecule has 1 aliphatic rings. The average molecular weight is 250 g/mol. The normalized spacial score (nSPS) is 19.9. The van der Waals surface area contributed by atoms with E-state index in [0.29, 0.717) is 0 Å². The van der Waals surface area contributed by atoms with Gasteiger partial charge >= 0.3 is 0 Å². The Bertz CT molecular complexity index is 389. The molecular formula is C13H18N2OS. The van der Waals surface area contributed by atoms with E-state index in [-0.39, 0.29) is 11.9 Å². The molecular weight excluding hydrogens is 232 g/mol. The van der Waals surface area contributed by atoms with Crippen molar-refractivity contribution >= 4 is 17.7 Å². The van der Waals surface area contributed by atoms with Gasteiger partial charge in [-0.3, -0.25) is 4.79 Å². The molecule has 0 aromatic heterocycles. The van der Waals surface area contributed by atoms with Crippen molar-refractivity contribution in [3.8, 4) is 0 Å². The Morgan fingerprint density at radius 3 is 3.00 bits per heavy atom. The van der Waals surface area contributed by atoms with Crippen molar-refractivity contribution in [3.63, 3.8) is 0 Å². The molecule has 1 aromatic carbocycles. The summed E-state index contributed by atoms with van der Waals surface area (Å²) in [5.74, 6) is 0.0450. The minimum absolute atomic E-state index is 0.0450. The Morgan fingerprint density at radius 2 is 2.29 bits per heavy atom. The zero-order valence-electron chi connectivity index (χ0n) is 10.0. The SMILES string of the molecule is CSc1ccccc1C(=O)NC1CCCNC1. The molecule has 17 heavy (non-hydrogen) atoms. The van der Waals surface area contributed by atoms with Gasteiger partial charge in [0, 0.05) is 17.5 Å². The number of hydrogen-bond donors (Lipinski definition) is 2. The van der Waals surface area contributed by atoms with Crippen LogP contribution >= 0.6 is 11.8 Å². The first kappa shape index (κ1) is 12.5. The lowest BCUT2D eigenvalue weighted by atomic mass is 10.1. The van der Waals surface area contributed by atoms with E-state index in [2.05, 4.69) is 10.6 Å². The van der Waals surface area contributed by atoms with Gasteiger partial charge in [-0.25, -0.2) is 0 Å². The molecule has 0 radical (unpaired) electrons. The van der Waals surface area contributed by atoms with Gasteiger partial charge in [0.2, 0.25) is 0 Å². The smallest absolute Gasteiger partial charge is 0.252 e. The lowest BCUT2D eigenvalue weighted by molar-refractivity contribution is 0.0927. The van der Waals surface area contributed by atoms with Gasteiger partial charge in [-0.2, -0.15) is 0 Å². The molecule has 2 rings (SSSR count). The highest BCUT2D eigenvalue weighted by atomic mass is 32.2. The topological polar surface area (TPSA) is 41.1 Å². The summed E-state index contributed by atoms with van der Waals surface area (Å²) in [6.45, 7) is 1.95. The first-order chi connectivity index (χ1) is 8.31. The number of thioether (sulfide) groups is 1. The lowest BCUT2D eigenvalue weighted by Crippen LogP contribution is -2.45. The summed E-state index contributed by atoms with van der Waals surface area (Å²) in [7, 11) is 0. The molecule has 92 valence electrons. The first-order valence-electron chi connectivity index (χ1n) is 5.96. The molecule has 1 fully saturated rings. The summed E-state index contributed by atoms with van der Waals surface area (Å²) in [6.07, 6.45) is 4.20. The van der Waals surface area contributed by atoms with Gasteiger partial charge in [0.15, 0.2) is 0 Å². The standard InChI is InChI=1S/C13H18N2OS/c1-17-12-7-3-2-6-11(12)13(16)15-10-5-4-8-14-9-10/h2-3,6-7,10,14H,4-5,8-9H2,1H3,(H,15,16). The Labute approximate surface area is 106 Å². The van der Waals surface area contributed by atoms with Gasteiger partial charge in [0.05, 0.1) is 5.56 Å². The van der Waals surface area contributed by atoms with Crippen molar-refractivity contribution in [1.29, 1.82) is 0 Å². The Balaban J connectivity index is 2.03. The van der Waals surface area contributed by atoms with E-state index in [4.69, 9.17) is 0 Å². The molecule has 1 saturated heterocycles. The second-order valence-corrected chi connectivity index (χ2v) is 5.07. The predicted molar refractivity (Wildman–Crippen MR) is 71.6 cm³/mol. The molecule has 1 aromatic rings. The van der Waals surface area contributed by atoms with E-state index >= 15 is 0 Å². The Morgan fingerprint density at radius 1 is 1.47 bits per heavy atom. The van der Waals surface area contributed by atoms with Gasteiger partial charge < -0.3 is 10.6 Å². The molecule has 1 atom stereocenters. The van der Waals surface area contributed by atoms with E-state index in [1.807, 2.05) is 30.5 Å². The van der Waals surface area contributed by atoms with Crippen LogP contribution in [0.1, 0.15) is 23.2 Å². The minimum atomic E-state index is 0.0450. The fraction of sp³-hybridized carbons (Fsp3) is 0.462. The highest BCUT2D eigenvalue weighted by Gasteiger charge is 2.17. The zero-order chi connectivity index (χ0) is 12.1. The van der Waals surface area contributed by atoms with Gasteiger partial charge in [-0.05, 0) is 37.8 Å². The molecule has 0 saturated carbocycles. The van der Waals surface area contributed by atoms with Crippen LogP contribution in [0.2, 0.25) is 0 Å². The average Bonchev–Trinajstić information content (AvgIpc) is 2.40. The number of benzene rings is 1. The molecule has 1 aliphatic heterocycles. The maximum absolute atomic E-state index is 12.1. The monoisotopic (exact) mass is 250 g/mol. The van der Waals surface area contributed by atoms with E-state index in [1.165, 1.54) is 0 Å². The molecule has 0 aliphatic carbocycles. The zero-order valence-corrected chi connectivity index (χ0v) is 10.8. The fourth-order valence-electron chi connectivity index (χ4n) is 2.07. The van der Waals surface area contributed by atoms with Crippen molar-refractivity contribution in [1.82, 2.24) is 10.6 Å². The molecule has 3 nitrogen and oxygen atoms in total. The number of piperidine rings is 1. The molecule has 1 unspecified atom stereocenters. The molecule has 4 heteroatoms. The van der Waals surface area contributed by atoms with Crippen LogP contribution < -0.4 is 10.6 Å². The van der Waals surface area contributed by atoms with E-state index < -0.39 is 0 Å². The number of carbonyl (C=O) groups excluding carboxylic acids is 1. The number of nitrogens with one attached hydrogen (secondary N) is 2. The Hall–Kier alpha value is -1.00. The molecule has 0 spiro atoms. The summed E-state index contributed by atoms with van der Waals surface area (Å²) in [5.41, 5.74) is 0.783. The number of carbonyl (C=O) groups is 1. The number of hydrogen-bond acceptors (Lipinski definition) is 3. The maximum atomic E-state index is 12.1. The third-order valence-corrected chi connectivity index (χ3v) is 3.78. The van der Waals surface area contributed by atoms with Crippen LogP contribution in [0.4, 0.5) is 0 Å². The summed E-state index contributed by atoms with van der Waals surface area (Å²) < 4.78 is 0. The van der Waals surface area contributed by atoms with Crippen molar-refractivity contribution in [2.45, 2.75) is 23.8 Å². The highest BCUT2D eigenvalue weighted by Crippen LogP contribution is 2.19. The maximum Gasteiger partial charge on any atom is 0.252 e. The van der Waals surface area contributed by atoms with Crippen LogP contribution in [0, 0.1) is 0 Å². The molecule has 2 N–H and O–H groups in total. The van der Waals surface area contributed by atoms with Crippen LogP contribution in [0.3, 0.4) is 0 Å². The van der Waals surface area contributed by atoms with Crippen LogP contribution in [-0.2, 0) is 0 Å². The van der Waals surface area contributed by atoms with Gasteiger partial charge in [-0.1, -0.05) is 12.1 Å². The third-order valence-electron chi connectivity index (χ3n) is 2.98. The van der Waals surface area contributed by atoms with Crippen LogP contribution in [-0.4, -0.2) is 31.3 Å². The number of amides is 1. The van der Waals surface area contributed by atoms with Crippen LogP contribution in [0.5, 0.6) is 0 Å². The lowest BCUT2D eigenvalue weighted by Gasteiger charge is -2.24. The summed E-state index contributed by atoms with van der Waals surface area (Å²) >= 11 is 1.61. The van der Waals surface area contributed by atoms with Gasteiger partial charge in [-0.15, -0.1) is 11.8 Å². The second kappa shape index (κ2) is 6.07. The molecule has 0 bridgehead atoms. The quantitative estimate of drug-likeness (QED) is 0.805. The minimum Gasteiger partial charge on any atom is -0.348 e. The van der Waals surface area contributed by atoms with Crippen molar-refractivity contribution in [2.24, 2.45) is 0 Å². The largest absolute Gasteiger partial charge is 0.348 e. The Kier molecular flexibility index (Phi) is 4.45. The van der Waals surface area contributed by atoms with Crippen molar-refractivity contribution in [2.75, 3.05) is 19.3 Å². The highest BCUT2D eigenvalue weighted by molar-refractivity contribution is 7.98. The van der Waals surface area contributed by atoms with Crippen LogP contribution in [0.15, 0.2) is 29.2 Å². The summed E-state index contributed by atoms with van der Waals surface area (Å²) in [4.78, 5) is 13.2. The van der Waals surface area contributed by atoms with Crippen molar-refractivity contribution in [3.05, 3.63) is 29.8 Å². The predicted octanol–water partition coefficient (Wildman–Crippen LogP) is 1.89. The van der Waals surface area contributed by atoms with E-state index in [1.54, 1.807) is 11.8 Å². The second-order valence-electron chi connectivity index (χ2n) is 4.22. The van der Waals surface area contributed by atoms with Gasteiger partial charge in [0.1, 0.15) is 0 Å². The number of rotatable bonds is 3.